The van der Waals surface area contributed by atoms with Gasteiger partial charge in [0.25, 0.3) is 5.56 Å². The van der Waals surface area contributed by atoms with Crippen LogP contribution in [0.3, 0.4) is 0 Å². The fraction of sp³-hybridized carbons (Fsp3) is 0.238. The third-order valence-electron chi connectivity index (χ3n) is 5.32. The van der Waals surface area contributed by atoms with Crippen LogP contribution in [0.25, 0.3) is 5.69 Å². The second-order valence-electron chi connectivity index (χ2n) is 6.94. The SMILES string of the molecule is COc1cc2c(cc1OC)[C@H](c1c(O)n(-c3ccccc3Cl)c(=O)[nH]c1=O)[NH2+]CC2. The number of aromatic amines is 1. The zero-order valence-corrected chi connectivity index (χ0v) is 17.2. The number of rotatable bonds is 4. The van der Waals surface area contributed by atoms with E-state index in [2.05, 4.69) is 4.98 Å². The molecule has 1 aliphatic heterocycles. The third-order valence-corrected chi connectivity index (χ3v) is 5.64. The number of halogens is 1. The number of hydrogen-bond donors (Lipinski definition) is 3. The Morgan fingerprint density at radius 2 is 1.87 bits per heavy atom. The number of quaternary nitrogens is 1. The van der Waals surface area contributed by atoms with Crippen LogP contribution in [-0.4, -0.2) is 35.4 Å². The van der Waals surface area contributed by atoms with Crippen molar-refractivity contribution in [3.63, 3.8) is 0 Å². The monoisotopic (exact) mass is 430 g/mol. The van der Waals surface area contributed by atoms with E-state index >= 15 is 0 Å². The molecule has 2 heterocycles. The molecular formula is C21H21ClN3O5+. The molecule has 0 spiro atoms. The zero-order chi connectivity index (χ0) is 21.4. The second kappa shape index (κ2) is 7.89. The van der Waals surface area contributed by atoms with Crippen LogP contribution in [0.1, 0.15) is 22.7 Å². The maximum Gasteiger partial charge on any atom is 0.335 e. The van der Waals surface area contributed by atoms with Crippen molar-refractivity contribution in [2.45, 2.75) is 12.5 Å². The van der Waals surface area contributed by atoms with Gasteiger partial charge in [-0.1, -0.05) is 23.7 Å². The van der Waals surface area contributed by atoms with E-state index in [1.807, 2.05) is 11.4 Å². The molecule has 4 N–H and O–H groups in total. The molecule has 1 aliphatic rings. The molecule has 0 fully saturated rings. The average molecular weight is 431 g/mol. The maximum atomic E-state index is 12.8. The van der Waals surface area contributed by atoms with Crippen LogP contribution in [0, 0.1) is 0 Å². The van der Waals surface area contributed by atoms with E-state index in [0.717, 1.165) is 22.1 Å². The summed E-state index contributed by atoms with van der Waals surface area (Å²) in [6.07, 6.45) is 0.759. The number of H-pyrrole nitrogens is 1. The lowest BCUT2D eigenvalue weighted by Gasteiger charge is -2.26. The Bertz CT molecular complexity index is 1230. The first-order chi connectivity index (χ1) is 14.5. The van der Waals surface area contributed by atoms with Gasteiger partial charge in [-0.2, -0.15) is 0 Å². The molecule has 0 bridgehead atoms. The van der Waals surface area contributed by atoms with Gasteiger partial charge in [0.1, 0.15) is 11.6 Å². The Kier molecular flexibility index (Phi) is 5.27. The van der Waals surface area contributed by atoms with E-state index in [4.69, 9.17) is 21.1 Å². The van der Waals surface area contributed by atoms with Gasteiger partial charge in [-0.05, 0) is 29.8 Å². The van der Waals surface area contributed by atoms with Crippen molar-refractivity contribution in [2.75, 3.05) is 20.8 Å². The van der Waals surface area contributed by atoms with Gasteiger partial charge in [0.05, 0.1) is 31.5 Å². The number of aromatic nitrogens is 2. The minimum atomic E-state index is -0.766. The fourth-order valence-corrected chi connectivity index (χ4v) is 4.14. The number of nitrogens with two attached hydrogens (primary N) is 1. The Morgan fingerprint density at radius 3 is 2.57 bits per heavy atom. The number of para-hydroxylation sites is 1. The second-order valence-corrected chi connectivity index (χ2v) is 7.35. The Balaban J connectivity index is 1.96. The lowest BCUT2D eigenvalue weighted by molar-refractivity contribution is -0.690. The largest absolute Gasteiger partial charge is 0.494 e. The van der Waals surface area contributed by atoms with Gasteiger partial charge in [-0.3, -0.25) is 9.78 Å². The van der Waals surface area contributed by atoms with Crippen LogP contribution in [-0.2, 0) is 6.42 Å². The van der Waals surface area contributed by atoms with Crippen molar-refractivity contribution in [3.05, 3.63) is 78.9 Å². The van der Waals surface area contributed by atoms with Crippen LogP contribution < -0.4 is 26.0 Å². The van der Waals surface area contributed by atoms with Gasteiger partial charge in [0, 0.05) is 12.0 Å². The molecule has 0 saturated carbocycles. The lowest BCUT2D eigenvalue weighted by Crippen LogP contribution is -2.87. The number of nitrogens with one attached hydrogen (secondary N) is 1. The smallest absolute Gasteiger partial charge is 0.335 e. The molecule has 1 atom stereocenters. The van der Waals surface area contributed by atoms with Crippen LogP contribution >= 0.6 is 11.6 Å². The van der Waals surface area contributed by atoms with Crippen LogP contribution in [0.15, 0.2) is 46.0 Å². The first kappa shape index (κ1) is 20.1. The number of fused-ring (bicyclic) bond motifs is 1. The van der Waals surface area contributed by atoms with Gasteiger partial charge >= 0.3 is 5.69 Å². The topological polar surface area (TPSA) is 110 Å². The van der Waals surface area contributed by atoms with E-state index in [9.17, 15) is 14.7 Å². The maximum absolute atomic E-state index is 12.8. The van der Waals surface area contributed by atoms with Gasteiger partial charge in [-0.15, -0.1) is 0 Å². The summed E-state index contributed by atoms with van der Waals surface area (Å²) in [7, 11) is 3.10. The van der Waals surface area contributed by atoms with Crippen molar-refractivity contribution in [1.82, 2.24) is 9.55 Å². The van der Waals surface area contributed by atoms with E-state index in [1.54, 1.807) is 37.4 Å². The molecule has 30 heavy (non-hydrogen) atoms. The number of methoxy groups -OCH3 is 2. The fourth-order valence-electron chi connectivity index (χ4n) is 3.92. The van der Waals surface area contributed by atoms with Crippen LogP contribution in [0.4, 0.5) is 0 Å². The number of hydrogen-bond acceptors (Lipinski definition) is 5. The van der Waals surface area contributed by atoms with Crippen LogP contribution in [0.2, 0.25) is 5.02 Å². The molecule has 0 unspecified atom stereocenters. The van der Waals surface area contributed by atoms with Gasteiger partial charge in [0.2, 0.25) is 5.88 Å². The van der Waals surface area contributed by atoms with E-state index in [1.165, 1.54) is 7.11 Å². The molecule has 0 saturated heterocycles. The van der Waals surface area contributed by atoms with E-state index in [-0.39, 0.29) is 16.3 Å². The summed E-state index contributed by atoms with van der Waals surface area (Å²) in [6, 6.07) is 9.75. The molecule has 2 aromatic carbocycles. The quantitative estimate of drug-likeness (QED) is 0.574. The number of aromatic hydroxyl groups is 1. The highest BCUT2D eigenvalue weighted by Crippen LogP contribution is 2.36. The molecule has 3 aromatic rings. The molecule has 156 valence electrons. The van der Waals surface area contributed by atoms with Crippen LogP contribution in [0.5, 0.6) is 17.4 Å². The van der Waals surface area contributed by atoms with E-state index in [0.29, 0.717) is 18.0 Å². The number of nitrogens with zero attached hydrogens (tertiary/aromatic N) is 1. The molecule has 9 heteroatoms. The van der Waals surface area contributed by atoms with Gasteiger partial charge < -0.3 is 19.9 Å². The van der Waals surface area contributed by atoms with Crippen molar-refractivity contribution in [3.8, 4) is 23.1 Å². The molecule has 0 amide bonds. The predicted octanol–water partition coefficient (Wildman–Crippen LogP) is 1.11. The summed E-state index contributed by atoms with van der Waals surface area (Å²) in [4.78, 5) is 27.6. The van der Waals surface area contributed by atoms with Crippen molar-refractivity contribution >= 4 is 11.6 Å². The number of benzene rings is 2. The highest BCUT2D eigenvalue weighted by molar-refractivity contribution is 6.32. The number of ether oxygens (including phenoxy) is 2. The van der Waals surface area contributed by atoms with Crippen molar-refractivity contribution < 1.29 is 19.9 Å². The molecule has 1 aromatic heterocycles. The highest BCUT2D eigenvalue weighted by Gasteiger charge is 2.33. The first-order valence-corrected chi connectivity index (χ1v) is 9.75. The standard InChI is InChI=1S/C21H20ClN3O5/c1-29-15-9-11-7-8-23-18(12(11)10-16(15)30-2)17-19(26)24-21(28)25(20(17)27)14-6-4-3-5-13(14)22/h3-6,9-10,18,23,27H,7-8H2,1-2H3,(H,24,26,28)/p+1/t18-/m1/s1. The zero-order valence-electron chi connectivity index (χ0n) is 16.4. The molecular weight excluding hydrogens is 410 g/mol. The summed E-state index contributed by atoms with van der Waals surface area (Å²) in [5.41, 5.74) is 0.728. The van der Waals surface area contributed by atoms with Gasteiger partial charge in [-0.25, -0.2) is 9.36 Å². The Morgan fingerprint density at radius 1 is 1.17 bits per heavy atom. The summed E-state index contributed by atoms with van der Waals surface area (Å²) >= 11 is 6.23. The molecule has 8 nitrogen and oxygen atoms in total. The summed E-state index contributed by atoms with van der Waals surface area (Å²) in [5, 5.41) is 13.3. The first-order valence-electron chi connectivity index (χ1n) is 9.37. The van der Waals surface area contributed by atoms with Crippen molar-refractivity contribution in [2.24, 2.45) is 0 Å². The molecule has 0 radical (unpaired) electrons. The summed E-state index contributed by atoms with van der Waals surface area (Å²) in [6.45, 7) is 0.692. The van der Waals surface area contributed by atoms with E-state index < -0.39 is 23.2 Å². The highest BCUT2D eigenvalue weighted by atomic mass is 35.5. The summed E-state index contributed by atoms with van der Waals surface area (Å²) in [5.74, 6) is 0.670. The normalized spacial score (nSPS) is 15.5. The predicted molar refractivity (Wildman–Crippen MR) is 111 cm³/mol. The minimum Gasteiger partial charge on any atom is -0.494 e. The minimum absolute atomic E-state index is 0.0719. The lowest BCUT2D eigenvalue weighted by atomic mass is 9.90. The Labute approximate surface area is 176 Å². The Hall–Kier alpha value is -3.23. The molecule has 0 aliphatic carbocycles. The third kappa shape index (κ3) is 3.24. The summed E-state index contributed by atoms with van der Waals surface area (Å²) < 4.78 is 11.8. The van der Waals surface area contributed by atoms with Crippen molar-refractivity contribution in [1.29, 1.82) is 0 Å². The van der Waals surface area contributed by atoms with Gasteiger partial charge in [0.15, 0.2) is 11.5 Å². The average Bonchev–Trinajstić information content (AvgIpc) is 2.73. The molecule has 4 rings (SSSR count).